The first-order valence-corrected chi connectivity index (χ1v) is 6.93. The third-order valence-corrected chi connectivity index (χ3v) is 4.25. The molecule has 98 valence electrons. The number of nitrogens with one attached hydrogen (secondary N) is 2. The smallest absolute Gasteiger partial charge is 0.289 e. The first-order valence-electron chi connectivity index (χ1n) is 5.44. The summed E-state index contributed by atoms with van der Waals surface area (Å²) in [6.07, 6.45) is 0. The molecule has 0 bridgehead atoms. The Morgan fingerprint density at radius 1 is 1.39 bits per heavy atom. The van der Waals surface area contributed by atoms with E-state index in [1.54, 1.807) is 0 Å². The Morgan fingerprint density at radius 2 is 2.06 bits per heavy atom. The number of nitro benzene ring substituents is 1. The zero-order chi connectivity index (χ0) is 13.2. The lowest BCUT2D eigenvalue weighted by molar-refractivity contribution is -0.387. The standard InChI is InChI=1S/C10H13N3O4S/c14-13(15)9-3-1-2-4-10(9)18(16,17)12-7-8-5-11-6-8/h1-4,8,11-12H,5-7H2. The van der Waals surface area contributed by atoms with E-state index in [4.69, 9.17) is 0 Å². The average molecular weight is 271 g/mol. The lowest BCUT2D eigenvalue weighted by Gasteiger charge is -2.26. The largest absolute Gasteiger partial charge is 0.316 e. The number of hydrogen-bond acceptors (Lipinski definition) is 5. The third kappa shape index (κ3) is 2.66. The molecule has 0 unspecified atom stereocenters. The zero-order valence-corrected chi connectivity index (χ0v) is 10.3. The van der Waals surface area contributed by atoms with Crippen LogP contribution < -0.4 is 10.0 Å². The number of sulfonamides is 1. The van der Waals surface area contributed by atoms with E-state index in [1.165, 1.54) is 24.3 Å². The van der Waals surface area contributed by atoms with Gasteiger partial charge in [-0.1, -0.05) is 12.1 Å². The molecule has 0 amide bonds. The molecule has 1 heterocycles. The van der Waals surface area contributed by atoms with Gasteiger partial charge in [0, 0.05) is 25.7 Å². The van der Waals surface area contributed by atoms with Crippen molar-refractivity contribution in [3.05, 3.63) is 34.4 Å². The lowest BCUT2D eigenvalue weighted by Crippen LogP contribution is -2.48. The van der Waals surface area contributed by atoms with Crippen LogP contribution in [0.3, 0.4) is 0 Å². The van der Waals surface area contributed by atoms with Gasteiger partial charge in [-0.05, 0) is 12.0 Å². The second kappa shape index (κ2) is 5.01. The van der Waals surface area contributed by atoms with E-state index in [-0.39, 0.29) is 10.8 Å². The van der Waals surface area contributed by atoms with Crippen LogP contribution in [-0.4, -0.2) is 33.0 Å². The summed E-state index contributed by atoms with van der Waals surface area (Å²) in [6, 6.07) is 5.32. The van der Waals surface area contributed by atoms with Gasteiger partial charge < -0.3 is 5.32 Å². The van der Waals surface area contributed by atoms with Crippen LogP contribution in [-0.2, 0) is 10.0 Å². The first-order chi connectivity index (χ1) is 8.50. The molecule has 0 spiro atoms. The van der Waals surface area contributed by atoms with Gasteiger partial charge >= 0.3 is 0 Å². The Labute approximate surface area is 104 Å². The molecule has 8 heteroatoms. The molecule has 0 saturated carbocycles. The number of hydrogen-bond donors (Lipinski definition) is 2. The SMILES string of the molecule is O=[N+]([O-])c1ccccc1S(=O)(=O)NCC1CNC1. The molecular formula is C10H13N3O4S. The van der Waals surface area contributed by atoms with E-state index in [1.807, 2.05) is 0 Å². The Morgan fingerprint density at radius 3 is 2.61 bits per heavy atom. The van der Waals surface area contributed by atoms with E-state index in [2.05, 4.69) is 10.0 Å². The lowest BCUT2D eigenvalue weighted by atomic mass is 10.1. The van der Waals surface area contributed by atoms with Crippen molar-refractivity contribution in [2.45, 2.75) is 4.90 Å². The molecule has 1 saturated heterocycles. The van der Waals surface area contributed by atoms with Crippen LogP contribution in [0.25, 0.3) is 0 Å². The van der Waals surface area contributed by atoms with Crippen LogP contribution in [0, 0.1) is 16.0 Å². The second-order valence-corrected chi connectivity index (χ2v) is 5.84. The second-order valence-electron chi connectivity index (χ2n) is 4.10. The van der Waals surface area contributed by atoms with Crippen molar-refractivity contribution in [1.29, 1.82) is 0 Å². The van der Waals surface area contributed by atoms with Crippen LogP contribution in [0.1, 0.15) is 0 Å². The molecule has 0 aliphatic carbocycles. The van der Waals surface area contributed by atoms with Crippen LogP contribution in [0.4, 0.5) is 5.69 Å². The fourth-order valence-corrected chi connectivity index (χ4v) is 2.92. The summed E-state index contributed by atoms with van der Waals surface area (Å²) < 4.78 is 26.3. The molecule has 2 rings (SSSR count). The molecule has 1 aromatic carbocycles. The van der Waals surface area contributed by atoms with Gasteiger partial charge in [0.25, 0.3) is 5.69 Å². The van der Waals surface area contributed by atoms with Gasteiger partial charge in [0.15, 0.2) is 4.90 Å². The van der Waals surface area contributed by atoms with Crippen molar-refractivity contribution in [3.63, 3.8) is 0 Å². The van der Waals surface area contributed by atoms with Crippen molar-refractivity contribution < 1.29 is 13.3 Å². The van der Waals surface area contributed by atoms with E-state index in [0.29, 0.717) is 6.54 Å². The number of nitrogens with zero attached hydrogens (tertiary/aromatic N) is 1. The van der Waals surface area contributed by atoms with Crippen LogP contribution in [0.5, 0.6) is 0 Å². The van der Waals surface area contributed by atoms with Crippen molar-refractivity contribution in [2.24, 2.45) is 5.92 Å². The Bertz CT molecular complexity index is 554. The highest BCUT2D eigenvalue weighted by atomic mass is 32.2. The quantitative estimate of drug-likeness (QED) is 0.584. The number of nitro groups is 1. The predicted octanol–water partition coefficient (Wildman–Crippen LogP) is 0.0925. The highest BCUT2D eigenvalue weighted by Gasteiger charge is 2.26. The molecule has 1 aromatic rings. The molecule has 2 N–H and O–H groups in total. The Balaban J connectivity index is 2.20. The summed E-state index contributed by atoms with van der Waals surface area (Å²) in [5.74, 6) is 0.252. The third-order valence-electron chi connectivity index (χ3n) is 2.78. The van der Waals surface area contributed by atoms with Gasteiger partial charge in [-0.15, -0.1) is 0 Å². The van der Waals surface area contributed by atoms with E-state index >= 15 is 0 Å². The summed E-state index contributed by atoms with van der Waals surface area (Å²) in [6.45, 7) is 1.82. The van der Waals surface area contributed by atoms with Gasteiger partial charge in [-0.25, -0.2) is 13.1 Å². The number of rotatable bonds is 5. The van der Waals surface area contributed by atoms with Crippen molar-refractivity contribution in [2.75, 3.05) is 19.6 Å². The molecule has 0 atom stereocenters. The van der Waals surface area contributed by atoms with Gasteiger partial charge in [-0.2, -0.15) is 0 Å². The summed E-state index contributed by atoms with van der Waals surface area (Å²) in [4.78, 5) is 9.79. The highest BCUT2D eigenvalue weighted by Crippen LogP contribution is 2.22. The molecule has 7 nitrogen and oxygen atoms in total. The summed E-state index contributed by atoms with van der Waals surface area (Å²) in [7, 11) is -3.83. The maximum absolute atomic E-state index is 12.0. The highest BCUT2D eigenvalue weighted by molar-refractivity contribution is 7.89. The molecule has 0 aromatic heterocycles. The average Bonchev–Trinajstić information content (AvgIpc) is 2.26. The first kappa shape index (κ1) is 12.9. The van der Waals surface area contributed by atoms with Gasteiger partial charge in [0.2, 0.25) is 10.0 Å². The monoisotopic (exact) mass is 271 g/mol. The van der Waals surface area contributed by atoms with Crippen molar-refractivity contribution in [1.82, 2.24) is 10.0 Å². The fraction of sp³-hybridized carbons (Fsp3) is 0.400. The molecular weight excluding hydrogens is 258 g/mol. The Hall–Kier alpha value is -1.51. The minimum atomic E-state index is -3.83. The molecule has 1 aliphatic rings. The predicted molar refractivity (Wildman–Crippen MR) is 64.6 cm³/mol. The summed E-state index contributed by atoms with van der Waals surface area (Å²) in [5.41, 5.74) is -0.406. The van der Waals surface area contributed by atoms with Crippen molar-refractivity contribution in [3.8, 4) is 0 Å². The minimum absolute atomic E-state index is 0.252. The maximum atomic E-state index is 12.0. The Kier molecular flexibility index (Phi) is 3.60. The van der Waals surface area contributed by atoms with Crippen molar-refractivity contribution >= 4 is 15.7 Å². The molecule has 18 heavy (non-hydrogen) atoms. The normalized spacial score (nSPS) is 16.2. The number of benzene rings is 1. The van der Waals surface area contributed by atoms with E-state index < -0.39 is 20.6 Å². The van der Waals surface area contributed by atoms with Gasteiger partial charge in [0.05, 0.1) is 4.92 Å². The zero-order valence-electron chi connectivity index (χ0n) is 9.50. The molecule has 1 fully saturated rings. The van der Waals surface area contributed by atoms with Crippen LogP contribution >= 0.6 is 0 Å². The van der Waals surface area contributed by atoms with Crippen LogP contribution in [0.2, 0.25) is 0 Å². The van der Waals surface area contributed by atoms with E-state index in [9.17, 15) is 18.5 Å². The summed E-state index contributed by atoms with van der Waals surface area (Å²) >= 11 is 0. The van der Waals surface area contributed by atoms with Gasteiger partial charge in [-0.3, -0.25) is 10.1 Å². The fourth-order valence-electron chi connectivity index (χ4n) is 1.63. The minimum Gasteiger partial charge on any atom is -0.316 e. The van der Waals surface area contributed by atoms with Crippen LogP contribution in [0.15, 0.2) is 29.2 Å². The maximum Gasteiger partial charge on any atom is 0.289 e. The summed E-state index contributed by atoms with van der Waals surface area (Å²) in [5, 5.41) is 13.8. The number of para-hydroxylation sites is 1. The van der Waals surface area contributed by atoms with Gasteiger partial charge in [0.1, 0.15) is 0 Å². The van der Waals surface area contributed by atoms with E-state index in [0.717, 1.165) is 13.1 Å². The molecule has 1 aliphatic heterocycles. The molecule has 0 radical (unpaired) electrons. The topological polar surface area (TPSA) is 101 Å².